The molecule has 7 nitrogen and oxygen atoms in total. The molecule has 0 saturated carbocycles. The van der Waals surface area contributed by atoms with Crippen LogP contribution in [0.15, 0.2) is 22.8 Å². The van der Waals surface area contributed by atoms with Gasteiger partial charge in [0.1, 0.15) is 0 Å². The number of nitrogens with zero attached hydrogens (tertiary/aromatic N) is 4. The smallest absolute Gasteiger partial charge is 0.289 e. The van der Waals surface area contributed by atoms with Crippen molar-refractivity contribution >= 4 is 11.9 Å². The van der Waals surface area contributed by atoms with E-state index in [1.807, 2.05) is 11.8 Å². The first-order valence-corrected chi connectivity index (χ1v) is 8.74. The number of anilines is 1. The molecule has 2 aliphatic rings. The quantitative estimate of drug-likeness (QED) is 0.823. The maximum Gasteiger partial charge on any atom is 0.289 e. The number of aryl methyl sites for hydroxylation is 1. The van der Waals surface area contributed by atoms with Crippen LogP contribution in [0.25, 0.3) is 0 Å². The fourth-order valence-electron chi connectivity index (χ4n) is 3.43. The van der Waals surface area contributed by atoms with Gasteiger partial charge in [-0.25, -0.2) is 9.97 Å². The highest BCUT2D eigenvalue weighted by Gasteiger charge is 2.25. The number of carbonyl (C=O) groups excluding carboxylic acids is 1. The van der Waals surface area contributed by atoms with Gasteiger partial charge in [0.15, 0.2) is 5.76 Å². The summed E-state index contributed by atoms with van der Waals surface area (Å²) in [6.07, 6.45) is 3.05. The second kappa shape index (κ2) is 6.84. The number of furan rings is 1. The maximum atomic E-state index is 12.5. The molecule has 2 aliphatic heterocycles. The van der Waals surface area contributed by atoms with Gasteiger partial charge >= 0.3 is 0 Å². The van der Waals surface area contributed by atoms with Crippen LogP contribution in [-0.4, -0.2) is 60.2 Å². The van der Waals surface area contributed by atoms with E-state index in [0.717, 1.165) is 43.3 Å². The first-order valence-electron chi connectivity index (χ1n) is 8.74. The number of hydrogen-bond acceptors (Lipinski definition) is 6. The lowest BCUT2D eigenvalue weighted by Crippen LogP contribution is -2.37. The predicted octanol–water partition coefficient (Wildman–Crippen LogP) is 1.46. The van der Waals surface area contributed by atoms with E-state index in [2.05, 4.69) is 4.90 Å². The van der Waals surface area contributed by atoms with Crippen molar-refractivity contribution < 1.29 is 13.9 Å². The molecule has 2 aromatic heterocycles. The summed E-state index contributed by atoms with van der Waals surface area (Å²) in [5.74, 6) is 1.12. The summed E-state index contributed by atoms with van der Waals surface area (Å²) in [5, 5.41) is 0. The Kier molecular flexibility index (Phi) is 4.40. The number of hydrogen-bond donors (Lipinski definition) is 0. The van der Waals surface area contributed by atoms with Crippen LogP contribution in [-0.2, 0) is 17.6 Å². The van der Waals surface area contributed by atoms with E-state index in [9.17, 15) is 4.79 Å². The third-order valence-corrected chi connectivity index (χ3v) is 4.85. The molecule has 0 bridgehead atoms. The standard InChI is InChI=1S/C18H22N4O3/c1-13-14-4-6-21(17(23)16-3-2-10-25-16)7-5-15(14)20-18(19-13)22-8-11-24-12-9-22/h2-3,10H,4-9,11-12H2,1H3. The van der Waals surface area contributed by atoms with E-state index >= 15 is 0 Å². The summed E-state index contributed by atoms with van der Waals surface area (Å²) in [7, 11) is 0. The van der Waals surface area contributed by atoms with Crippen molar-refractivity contribution in [2.24, 2.45) is 0 Å². The average molecular weight is 342 g/mol. The molecule has 0 N–H and O–H groups in total. The van der Waals surface area contributed by atoms with Crippen LogP contribution >= 0.6 is 0 Å². The van der Waals surface area contributed by atoms with E-state index in [4.69, 9.17) is 19.1 Å². The number of amides is 1. The third kappa shape index (κ3) is 3.24. The molecule has 0 spiro atoms. The van der Waals surface area contributed by atoms with E-state index in [0.29, 0.717) is 32.1 Å². The minimum Gasteiger partial charge on any atom is -0.459 e. The number of morpholine rings is 1. The van der Waals surface area contributed by atoms with Gasteiger partial charge in [-0.1, -0.05) is 0 Å². The summed E-state index contributed by atoms with van der Waals surface area (Å²) >= 11 is 0. The summed E-state index contributed by atoms with van der Waals surface area (Å²) in [4.78, 5) is 26.1. The Morgan fingerprint density at radius 3 is 2.68 bits per heavy atom. The van der Waals surface area contributed by atoms with Crippen LogP contribution in [0.5, 0.6) is 0 Å². The second-order valence-corrected chi connectivity index (χ2v) is 6.40. The predicted molar refractivity (Wildman–Crippen MR) is 91.8 cm³/mol. The Labute approximate surface area is 146 Å². The van der Waals surface area contributed by atoms with Gasteiger partial charge in [0.25, 0.3) is 5.91 Å². The normalized spacial score (nSPS) is 18.0. The lowest BCUT2D eigenvalue weighted by molar-refractivity contribution is 0.0731. The van der Waals surface area contributed by atoms with Gasteiger partial charge < -0.3 is 19.0 Å². The molecule has 4 heterocycles. The van der Waals surface area contributed by atoms with Crippen molar-refractivity contribution in [3.05, 3.63) is 41.1 Å². The van der Waals surface area contributed by atoms with Gasteiger partial charge in [0, 0.05) is 38.3 Å². The van der Waals surface area contributed by atoms with Crippen molar-refractivity contribution in [2.75, 3.05) is 44.3 Å². The number of ether oxygens (including phenoxy) is 1. The minimum atomic E-state index is -0.0585. The topological polar surface area (TPSA) is 71.7 Å². The summed E-state index contributed by atoms with van der Waals surface area (Å²) in [5.41, 5.74) is 3.24. The van der Waals surface area contributed by atoms with Crippen molar-refractivity contribution in [3.63, 3.8) is 0 Å². The van der Waals surface area contributed by atoms with Gasteiger partial charge in [0.2, 0.25) is 5.95 Å². The molecule has 0 unspecified atom stereocenters. The summed E-state index contributed by atoms with van der Waals surface area (Å²) < 4.78 is 10.7. The largest absolute Gasteiger partial charge is 0.459 e. The highest BCUT2D eigenvalue weighted by Crippen LogP contribution is 2.22. The zero-order valence-corrected chi connectivity index (χ0v) is 14.4. The first-order chi connectivity index (χ1) is 12.2. The van der Waals surface area contributed by atoms with Crippen molar-refractivity contribution in [1.82, 2.24) is 14.9 Å². The van der Waals surface area contributed by atoms with E-state index < -0.39 is 0 Å². The van der Waals surface area contributed by atoms with Gasteiger partial charge in [-0.3, -0.25) is 4.79 Å². The van der Waals surface area contributed by atoms with Crippen LogP contribution in [0.3, 0.4) is 0 Å². The summed E-state index contributed by atoms with van der Waals surface area (Å²) in [6.45, 7) is 6.41. The molecule has 1 fully saturated rings. The average Bonchev–Trinajstić information content (AvgIpc) is 3.09. The minimum absolute atomic E-state index is 0.0585. The lowest BCUT2D eigenvalue weighted by Gasteiger charge is -2.27. The highest BCUT2D eigenvalue weighted by molar-refractivity contribution is 5.91. The molecule has 4 rings (SSSR count). The molecule has 132 valence electrons. The molecule has 0 aromatic carbocycles. The lowest BCUT2D eigenvalue weighted by atomic mass is 10.1. The number of carbonyl (C=O) groups is 1. The van der Waals surface area contributed by atoms with Crippen LogP contribution in [0.2, 0.25) is 0 Å². The van der Waals surface area contributed by atoms with Gasteiger partial charge in [-0.15, -0.1) is 0 Å². The Balaban J connectivity index is 1.54. The van der Waals surface area contributed by atoms with Crippen molar-refractivity contribution in [3.8, 4) is 0 Å². The molecule has 0 aliphatic carbocycles. The van der Waals surface area contributed by atoms with Gasteiger partial charge in [0.05, 0.1) is 25.2 Å². The molecule has 25 heavy (non-hydrogen) atoms. The second-order valence-electron chi connectivity index (χ2n) is 6.40. The van der Waals surface area contributed by atoms with Crippen LogP contribution in [0, 0.1) is 6.92 Å². The fraction of sp³-hybridized carbons (Fsp3) is 0.500. The monoisotopic (exact) mass is 342 g/mol. The van der Waals surface area contributed by atoms with E-state index in [1.54, 1.807) is 12.1 Å². The molecule has 0 radical (unpaired) electrons. The SMILES string of the molecule is Cc1nc(N2CCOCC2)nc2c1CCN(C(=O)c1ccco1)CC2. The highest BCUT2D eigenvalue weighted by atomic mass is 16.5. The fourth-order valence-corrected chi connectivity index (χ4v) is 3.43. The molecule has 7 heteroatoms. The van der Waals surface area contributed by atoms with E-state index in [1.165, 1.54) is 11.8 Å². The Hall–Kier alpha value is -2.41. The maximum absolute atomic E-state index is 12.5. The molecule has 1 saturated heterocycles. The number of fused-ring (bicyclic) bond motifs is 1. The number of aromatic nitrogens is 2. The van der Waals surface area contributed by atoms with Crippen LogP contribution < -0.4 is 4.90 Å². The zero-order valence-electron chi connectivity index (χ0n) is 14.4. The zero-order chi connectivity index (χ0) is 17.2. The molecule has 1 amide bonds. The van der Waals surface area contributed by atoms with Crippen LogP contribution in [0.4, 0.5) is 5.95 Å². The van der Waals surface area contributed by atoms with Crippen molar-refractivity contribution in [1.29, 1.82) is 0 Å². The van der Waals surface area contributed by atoms with Gasteiger partial charge in [-0.05, 0) is 31.0 Å². The Morgan fingerprint density at radius 2 is 1.92 bits per heavy atom. The first kappa shape index (κ1) is 16.1. The Bertz CT molecular complexity index is 754. The molecule has 0 atom stereocenters. The number of rotatable bonds is 2. The molecular formula is C18H22N4O3. The molecular weight excluding hydrogens is 320 g/mol. The van der Waals surface area contributed by atoms with E-state index in [-0.39, 0.29) is 5.91 Å². The van der Waals surface area contributed by atoms with Gasteiger partial charge in [-0.2, -0.15) is 0 Å². The van der Waals surface area contributed by atoms with Crippen molar-refractivity contribution in [2.45, 2.75) is 19.8 Å². The summed E-state index contributed by atoms with van der Waals surface area (Å²) in [6, 6.07) is 3.45. The molecule has 2 aromatic rings. The Morgan fingerprint density at radius 1 is 1.12 bits per heavy atom. The van der Waals surface area contributed by atoms with Crippen LogP contribution in [0.1, 0.15) is 27.5 Å². The third-order valence-electron chi connectivity index (χ3n) is 4.85.